The van der Waals surface area contributed by atoms with Gasteiger partial charge in [0.1, 0.15) is 11.0 Å². The lowest BCUT2D eigenvalue weighted by atomic mass is 10.2. The third-order valence-electron chi connectivity index (χ3n) is 4.29. The number of hydrogen-bond acceptors (Lipinski definition) is 6. The van der Waals surface area contributed by atoms with Gasteiger partial charge in [-0.3, -0.25) is 10.1 Å². The van der Waals surface area contributed by atoms with Crippen LogP contribution in [0.2, 0.25) is 0 Å². The van der Waals surface area contributed by atoms with Crippen molar-refractivity contribution >= 4 is 32.4 Å². The zero-order chi connectivity index (χ0) is 18.7. The first-order chi connectivity index (χ1) is 12.4. The zero-order valence-corrected chi connectivity index (χ0v) is 16.4. The van der Waals surface area contributed by atoms with Gasteiger partial charge in [-0.05, 0) is 38.3 Å². The molecular formula is C17H22N4O3S2. The van der Waals surface area contributed by atoms with E-state index in [2.05, 4.69) is 15.5 Å². The summed E-state index contributed by atoms with van der Waals surface area (Å²) in [7, 11) is -3.71. The number of nitrogens with one attached hydrogen (secondary N) is 1. The van der Waals surface area contributed by atoms with Gasteiger partial charge in [-0.25, -0.2) is 8.42 Å². The molecule has 1 saturated heterocycles. The van der Waals surface area contributed by atoms with Crippen molar-refractivity contribution < 1.29 is 13.2 Å². The van der Waals surface area contributed by atoms with Crippen LogP contribution >= 0.6 is 11.3 Å². The SMILES string of the molecule is CCCc1nnc(NC(=O)[C@H]2CCCN2S(=O)(=O)c2ccc(C)cc2)s1. The quantitative estimate of drug-likeness (QED) is 0.813. The molecule has 2 heterocycles. The van der Waals surface area contributed by atoms with Gasteiger partial charge in [0.15, 0.2) is 0 Å². The molecule has 1 aliphatic rings. The molecule has 0 aliphatic carbocycles. The Balaban J connectivity index is 1.76. The summed E-state index contributed by atoms with van der Waals surface area (Å²) in [5, 5.41) is 12.0. The monoisotopic (exact) mass is 394 g/mol. The summed E-state index contributed by atoms with van der Waals surface area (Å²) in [6, 6.07) is 5.96. The molecule has 2 aromatic rings. The van der Waals surface area contributed by atoms with Crippen molar-refractivity contribution in [3.63, 3.8) is 0 Å². The molecule has 1 aromatic heterocycles. The summed E-state index contributed by atoms with van der Waals surface area (Å²) >= 11 is 1.33. The van der Waals surface area contributed by atoms with Crippen LogP contribution in [0.4, 0.5) is 5.13 Å². The maximum atomic E-state index is 12.9. The molecule has 1 fully saturated rings. The number of anilines is 1. The highest BCUT2D eigenvalue weighted by Gasteiger charge is 2.39. The van der Waals surface area contributed by atoms with Crippen LogP contribution in [0.3, 0.4) is 0 Å². The molecule has 26 heavy (non-hydrogen) atoms. The lowest BCUT2D eigenvalue weighted by Crippen LogP contribution is -2.43. The second-order valence-electron chi connectivity index (χ2n) is 6.33. The first kappa shape index (κ1) is 18.9. The van der Waals surface area contributed by atoms with Gasteiger partial charge < -0.3 is 0 Å². The smallest absolute Gasteiger partial charge is 0.244 e. The van der Waals surface area contributed by atoms with E-state index in [0.717, 1.165) is 23.4 Å². The molecule has 0 unspecified atom stereocenters. The predicted octanol–water partition coefficient (Wildman–Crippen LogP) is 2.59. The van der Waals surface area contributed by atoms with Crippen molar-refractivity contribution in [1.29, 1.82) is 0 Å². The van der Waals surface area contributed by atoms with Gasteiger partial charge in [0, 0.05) is 13.0 Å². The van der Waals surface area contributed by atoms with E-state index in [4.69, 9.17) is 0 Å². The Morgan fingerprint density at radius 3 is 2.73 bits per heavy atom. The van der Waals surface area contributed by atoms with Gasteiger partial charge >= 0.3 is 0 Å². The van der Waals surface area contributed by atoms with E-state index < -0.39 is 16.1 Å². The Morgan fingerprint density at radius 2 is 2.04 bits per heavy atom. The van der Waals surface area contributed by atoms with Gasteiger partial charge in [0.25, 0.3) is 0 Å². The molecule has 3 rings (SSSR count). The first-order valence-corrected chi connectivity index (χ1v) is 10.9. The second-order valence-corrected chi connectivity index (χ2v) is 9.28. The van der Waals surface area contributed by atoms with E-state index in [-0.39, 0.29) is 10.8 Å². The van der Waals surface area contributed by atoms with Crippen LogP contribution in [0.25, 0.3) is 0 Å². The summed E-state index contributed by atoms with van der Waals surface area (Å²) in [6.45, 7) is 4.29. The van der Waals surface area contributed by atoms with Crippen LogP contribution < -0.4 is 5.32 Å². The molecule has 1 aromatic carbocycles. The molecule has 0 saturated carbocycles. The minimum Gasteiger partial charge on any atom is -0.299 e. The normalized spacial score (nSPS) is 18.2. The molecule has 1 amide bonds. The summed E-state index contributed by atoms with van der Waals surface area (Å²) in [5.74, 6) is -0.350. The highest BCUT2D eigenvalue weighted by atomic mass is 32.2. The Labute approximate surface area is 157 Å². The van der Waals surface area contributed by atoms with Crippen molar-refractivity contribution in [3.8, 4) is 0 Å². The lowest BCUT2D eigenvalue weighted by Gasteiger charge is -2.23. The number of hydrogen-bond donors (Lipinski definition) is 1. The fraction of sp³-hybridized carbons (Fsp3) is 0.471. The van der Waals surface area contributed by atoms with Gasteiger partial charge in [0.05, 0.1) is 4.90 Å². The van der Waals surface area contributed by atoms with Gasteiger partial charge in [0.2, 0.25) is 21.1 Å². The minimum atomic E-state index is -3.71. The fourth-order valence-electron chi connectivity index (χ4n) is 2.94. The Kier molecular flexibility index (Phi) is 5.69. The molecule has 140 valence electrons. The number of benzene rings is 1. The number of carbonyl (C=O) groups is 1. The number of amides is 1. The van der Waals surface area contributed by atoms with E-state index in [0.29, 0.717) is 24.5 Å². The Hall–Kier alpha value is -1.84. The predicted molar refractivity (Wildman–Crippen MR) is 101 cm³/mol. The summed E-state index contributed by atoms with van der Waals surface area (Å²) in [4.78, 5) is 12.9. The maximum Gasteiger partial charge on any atom is 0.244 e. The second kappa shape index (κ2) is 7.81. The molecule has 0 spiro atoms. The first-order valence-electron chi connectivity index (χ1n) is 8.63. The summed E-state index contributed by atoms with van der Waals surface area (Å²) < 4.78 is 27.1. The number of rotatable bonds is 6. The van der Waals surface area contributed by atoms with Crippen LogP contribution in [0.15, 0.2) is 29.2 Å². The van der Waals surface area contributed by atoms with E-state index in [1.165, 1.54) is 15.6 Å². The zero-order valence-electron chi connectivity index (χ0n) is 14.8. The minimum absolute atomic E-state index is 0.212. The Bertz CT molecular complexity index is 878. The number of carbonyl (C=O) groups excluding carboxylic acids is 1. The number of aryl methyl sites for hydroxylation is 2. The van der Waals surface area contributed by atoms with Crippen LogP contribution in [0, 0.1) is 6.92 Å². The maximum absolute atomic E-state index is 12.9. The largest absolute Gasteiger partial charge is 0.299 e. The van der Waals surface area contributed by atoms with E-state index >= 15 is 0 Å². The van der Waals surface area contributed by atoms with Crippen molar-refractivity contribution in [2.45, 2.75) is 50.5 Å². The van der Waals surface area contributed by atoms with E-state index in [1.54, 1.807) is 24.3 Å². The number of aromatic nitrogens is 2. The van der Waals surface area contributed by atoms with Crippen molar-refractivity contribution in [3.05, 3.63) is 34.8 Å². The topological polar surface area (TPSA) is 92.3 Å². The molecule has 0 bridgehead atoms. The molecule has 1 atom stereocenters. The van der Waals surface area contributed by atoms with Gasteiger partial charge in [-0.2, -0.15) is 4.31 Å². The van der Waals surface area contributed by atoms with Crippen LogP contribution in [-0.2, 0) is 21.2 Å². The molecular weight excluding hydrogens is 372 g/mol. The average Bonchev–Trinajstić information content (AvgIpc) is 3.25. The van der Waals surface area contributed by atoms with Crippen molar-refractivity contribution in [2.75, 3.05) is 11.9 Å². The molecule has 9 heteroatoms. The van der Waals surface area contributed by atoms with Crippen molar-refractivity contribution in [1.82, 2.24) is 14.5 Å². The lowest BCUT2D eigenvalue weighted by molar-refractivity contribution is -0.119. The third-order valence-corrected chi connectivity index (χ3v) is 7.12. The molecule has 0 radical (unpaired) electrons. The highest BCUT2D eigenvalue weighted by Crippen LogP contribution is 2.27. The van der Waals surface area contributed by atoms with Gasteiger partial charge in [-0.1, -0.05) is 36.0 Å². The highest BCUT2D eigenvalue weighted by molar-refractivity contribution is 7.89. The van der Waals surface area contributed by atoms with Crippen LogP contribution in [0.1, 0.15) is 36.8 Å². The van der Waals surface area contributed by atoms with Crippen LogP contribution in [0.5, 0.6) is 0 Å². The third kappa shape index (κ3) is 3.94. The molecule has 1 N–H and O–H groups in total. The van der Waals surface area contributed by atoms with E-state index in [1.807, 2.05) is 13.8 Å². The van der Waals surface area contributed by atoms with Crippen LogP contribution in [-0.4, -0.2) is 41.4 Å². The number of nitrogens with zero attached hydrogens (tertiary/aromatic N) is 3. The standard InChI is InChI=1S/C17H22N4O3S2/c1-3-5-15-19-20-17(25-15)18-16(22)14-6-4-11-21(14)26(23,24)13-9-7-12(2)8-10-13/h7-10,14H,3-6,11H2,1-2H3,(H,18,20,22)/t14-/m1/s1. The fourth-order valence-corrected chi connectivity index (χ4v) is 5.44. The van der Waals surface area contributed by atoms with E-state index in [9.17, 15) is 13.2 Å². The molecule has 7 nitrogen and oxygen atoms in total. The molecule has 1 aliphatic heterocycles. The summed E-state index contributed by atoms with van der Waals surface area (Å²) in [6.07, 6.45) is 2.91. The summed E-state index contributed by atoms with van der Waals surface area (Å²) in [5.41, 5.74) is 0.985. The Morgan fingerprint density at radius 1 is 1.31 bits per heavy atom. The van der Waals surface area contributed by atoms with Gasteiger partial charge in [-0.15, -0.1) is 10.2 Å². The number of sulfonamides is 1. The average molecular weight is 395 g/mol. The van der Waals surface area contributed by atoms with Crippen molar-refractivity contribution in [2.24, 2.45) is 0 Å².